The Morgan fingerprint density at radius 1 is 1.00 bits per heavy atom. The lowest BCUT2D eigenvalue weighted by atomic mass is 9.84. The highest BCUT2D eigenvalue weighted by Gasteiger charge is 2.38. The molecule has 0 aromatic heterocycles. The van der Waals surface area contributed by atoms with Crippen molar-refractivity contribution < 1.29 is 9.53 Å². The summed E-state index contributed by atoms with van der Waals surface area (Å²) in [7, 11) is 0. The van der Waals surface area contributed by atoms with Crippen LogP contribution in [-0.2, 0) is 9.53 Å². The molecule has 1 heterocycles. The van der Waals surface area contributed by atoms with Crippen LogP contribution in [0, 0.1) is 20.8 Å². The third-order valence-corrected chi connectivity index (χ3v) is 4.26. The minimum Gasteiger partial charge on any atom is -0.457 e. The van der Waals surface area contributed by atoms with Crippen LogP contribution in [0.2, 0.25) is 0 Å². The van der Waals surface area contributed by atoms with Crippen LogP contribution in [0.1, 0.15) is 46.3 Å². The van der Waals surface area contributed by atoms with Gasteiger partial charge in [-0.05, 0) is 43.0 Å². The van der Waals surface area contributed by atoms with Gasteiger partial charge in [0.2, 0.25) is 0 Å². The largest absolute Gasteiger partial charge is 0.457 e. The van der Waals surface area contributed by atoms with E-state index in [2.05, 4.69) is 45.0 Å². The van der Waals surface area contributed by atoms with E-state index in [1.54, 1.807) is 0 Å². The summed E-state index contributed by atoms with van der Waals surface area (Å²) in [4.78, 5) is 11.9. The van der Waals surface area contributed by atoms with Gasteiger partial charge >= 0.3 is 5.97 Å². The highest BCUT2D eigenvalue weighted by Crippen LogP contribution is 2.44. The molecule has 0 spiro atoms. The second kappa shape index (κ2) is 5.36. The van der Waals surface area contributed by atoms with Crippen LogP contribution in [-0.4, -0.2) is 5.97 Å². The number of cyclic esters (lactones) is 1. The summed E-state index contributed by atoms with van der Waals surface area (Å²) in [5.74, 6) is 0.00651. The Labute approximate surface area is 125 Å². The lowest BCUT2D eigenvalue weighted by molar-refractivity contribution is -0.141. The summed E-state index contributed by atoms with van der Waals surface area (Å²) in [6, 6.07) is 14.5. The van der Waals surface area contributed by atoms with Gasteiger partial charge in [0.25, 0.3) is 0 Å². The Morgan fingerprint density at radius 2 is 1.62 bits per heavy atom. The number of ether oxygens (including phenoxy) is 1. The number of benzene rings is 2. The minimum atomic E-state index is -0.166. The normalized spacial score (nSPS) is 21.4. The Balaban J connectivity index is 2.06. The highest BCUT2D eigenvalue weighted by atomic mass is 16.5. The maximum Gasteiger partial charge on any atom is 0.307 e. The molecule has 0 aliphatic carbocycles. The first-order valence-corrected chi connectivity index (χ1v) is 7.38. The van der Waals surface area contributed by atoms with Crippen molar-refractivity contribution >= 4 is 5.97 Å². The van der Waals surface area contributed by atoms with E-state index in [0.29, 0.717) is 6.42 Å². The summed E-state index contributed by atoms with van der Waals surface area (Å²) >= 11 is 0. The standard InChI is InChI=1S/C19H20O2/c1-12-9-13(2)18(14(3)10-12)19-16(11-17(20)21-19)15-7-5-4-6-8-15/h4-10,16,19H,11H2,1-3H3/t16-,19-/m1/s1. The lowest BCUT2D eigenvalue weighted by Gasteiger charge is -2.22. The first-order valence-electron chi connectivity index (χ1n) is 7.38. The molecule has 2 nitrogen and oxygen atoms in total. The molecular formula is C19H20O2. The third kappa shape index (κ3) is 2.58. The average Bonchev–Trinajstić information content (AvgIpc) is 2.80. The van der Waals surface area contributed by atoms with E-state index in [-0.39, 0.29) is 18.0 Å². The third-order valence-electron chi connectivity index (χ3n) is 4.26. The monoisotopic (exact) mass is 280 g/mol. The van der Waals surface area contributed by atoms with Gasteiger partial charge in [0.15, 0.2) is 0 Å². The van der Waals surface area contributed by atoms with Crippen LogP contribution >= 0.6 is 0 Å². The van der Waals surface area contributed by atoms with Crippen LogP contribution in [0.15, 0.2) is 42.5 Å². The fourth-order valence-corrected chi connectivity index (χ4v) is 3.45. The van der Waals surface area contributed by atoms with E-state index in [4.69, 9.17) is 4.74 Å². The molecule has 0 amide bonds. The van der Waals surface area contributed by atoms with E-state index in [0.717, 1.165) is 0 Å². The predicted octanol–water partition coefficient (Wildman–Crippen LogP) is 4.38. The number of carbonyl (C=O) groups excluding carboxylic acids is 1. The van der Waals surface area contributed by atoms with E-state index in [1.165, 1.54) is 27.8 Å². The molecule has 21 heavy (non-hydrogen) atoms. The molecule has 2 heteroatoms. The summed E-state index contributed by atoms with van der Waals surface area (Å²) in [5.41, 5.74) is 5.99. The first kappa shape index (κ1) is 13.9. The van der Waals surface area contributed by atoms with Crippen LogP contribution in [0.4, 0.5) is 0 Å². The van der Waals surface area contributed by atoms with Gasteiger partial charge in [-0.1, -0.05) is 48.0 Å². The summed E-state index contributed by atoms with van der Waals surface area (Å²) in [6.45, 7) is 6.30. The van der Waals surface area contributed by atoms with Crippen molar-refractivity contribution in [3.8, 4) is 0 Å². The SMILES string of the molecule is Cc1cc(C)c([C@@H]2OC(=O)C[C@@H]2c2ccccc2)c(C)c1. The molecule has 2 aromatic rings. The van der Waals surface area contributed by atoms with Gasteiger partial charge in [-0.2, -0.15) is 0 Å². The number of carbonyl (C=O) groups is 1. The van der Waals surface area contributed by atoms with Crippen molar-refractivity contribution in [1.29, 1.82) is 0 Å². The molecule has 3 rings (SSSR count). The van der Waals surface area contributed by atoms with E-state index < -0.39 is 0 Å². The van der Waals surface area contributed by atoms with Crippen LogP contribution < -0.4 is 0 Å². The Kier molecular flexibility index (Phi) is 3.54. The van der Waals surface area contributed by atoms with Crippen molar-refractivity contribution in [2.24, 2.45) is 0 Å². The van der Waals surface area contributed by atoms with Gasteiger partial charge in [0, 0.05) is 5.92 Å². The van der Waals surface area contributed by atoms with Crippen molar-refractivity contribution in [3.63, 3.8) is 0 Å². The molecule has 0 saturated carbocycles. The predicted molar refractivity (Wildman–Crippen MR) is 83.3 cm³/mol. The van der Waals surface area contributed by atoms with Gasteiger partial charge in [-0.25, -0.2) is 0 Å². The van der Waals surface area contributed by atoms with Gasteiger partial charge < -0.3 is 4.74 Å². The van der Waals surface area contributed by atoms with Crippen molar-refractivity contribution in [3.05, 3.63) is 70.3 Å². The van der Waals surface area contributed by atoms with Crippen molar-refractivity contribution in [2.75, 3.05) is 0 Å². The Morgan fingerprint density at radius 3 is 2.24 bits per heavy atom. The summed E-state index contributed by atoms with van der Waals surface area (Å²) in [6.07, 6.45) is 0.294. The maximum absolute atomic E-state index is 11.9. The zero-order valence-corrected chi connectivity index (χ0v) is 12.7. The van der Waals surface area contributed by atoms with Crippen LogP contribution in [0.5, 0.6) is 0 Å². The Bertz CT molecular complexity index is 650. The number of rotatable bonds is 2. The molecule has 2 atom stereocenters. The maximum atomic E-state index is 11.9. The zero-order chi connectivity index (χ0) is 15.0. The molecule has 0 bridgehead atoms. The number of esters is 1. The molecule has 0 N–H and O–H groups in total. The van der Waals surface area contributed by atoms with E-state index >= 15 is 0 Å². The molecular weight excluding hydrogens is 260 g/mol. The second-order valence-electron chi connectivity index (χ2n) is 5.94. The fourth-order valence-electron chi connectivity index (χ4n) is 3.45. The highest BCUT2D eigenvalue weighted by molar-refractivity contribution is 5.74. The van der Waals surface area contributed by atoms with Gasteiger partial charge in [-0.15, -0.1) is 0 Å². The lowest BCUT2D eigenvalue weighted by Crippen LogP contribution is -2.10. The molecule has 1 saturated heterocycles. The number of hydrogen-bond donors (Lipinski definition) is 0. The summed E-state index contributed by atoms with van der Waals surface area (Å²) in [5, 5.41) is 0. The quantitative estimate of drug-likeness (QED) is 0.763. The van der Waals surface area contributed by atoms with Crippen LogP contribution in [0.25, 0.3) is 0 Å². The average molecular weight is 280 g/mol. The van der Waals surface area contributed by atoms with Crippen molar-refractivity contribution in [1.82, 2.24) is 0 Å². The topological polar surface area (TPSA) is 26.3 Å². The van der Waals surface area contributed by atoms with Crippen LogP contribution in [0.3, 0.4) is 0 Å². The Hall–Kier alpha value is -2.09. The number of aryl methyl sites for hydroxylation is 3. The van der Waals surface area contributed by atoms with E-state index in [9.17, 15) is 4.79 Å². The van der Waals surface area contributed by atoms with Gasteiger partial charge in [0.05, 0.1) is 6.42 Å². The molecule has 2 aromatic carbocycles. The molecule has 0 unspecified atom stereocenters. The minimum absolute atomic E-state index is 0.103. The van der Waals surface area contributed by atoms with Gasteiger partial charge in [0.1, 0.15) is 6.10 Å². The fraction of sp³-hybridized carbons (Fsp3) is 0.316. The number of hydrogen-bond acceptors (Lipinski definition) is 2. The van der Waals surface area contributed by atoms with Gasteiger partial charge in [-0.3, -0.25) is 4.79 Å². The molecule has 108 valence electrons. The van der Waals surface area contributed by atoms with E-state index in [1.807, 2.05) is 18.2 Å². The van der Waals surface area contributed by atoms with Crippen molar-refractivity contribution in [2.45, 2.75) is 39.2 Å². The molecule has 1 aliphatic rings. The zero-order valence-electron chi connectivity index (χ0n) is 12.7. The summed E-state index contributed by atoms with van der Waals surface area (Å²) < 4.78 is 5.68. The molecule has 1 fully saturated rings. The molecule has 0 radical (unpaired) electrons. The second-order valence-corrected chi connectivity index (χ2v) is 5.94. The molecule has 1 aliphatic heterocycles. The first-order chi connectivity index (χ1) is 10.1. The smallest absolute Gasteiger partial charge is 0.307 e.